The summed E-state index contributed by atoms with van der Waals surface area (Å²) in [5.41, 5.74) is 0.958. The standard InChI is InChI=1S/C17H16N2O2S/c1-12(22-15-10-8-14(20-2)9-11-15)17-18-16(19-21-17)13-6-4-3-5-7-13/h3-12H,1-2H3. The molecule has 1 atom stereocenters. The third-order valence-corrected chi connectivity index (χ3v) is 4.29. The second-order valence-electron chi connectivity index (χ2n) is 4.76. The summed E-state index contributed by atoms with van der Waals surface area (Å²) in [6.07, 6.45) is 0. The third kappa shape index (κ3) is 3.31. The zero-order chi connectivity index (χ0) is 15.4. The zero-order valence-corrected chi connectivity index (χ0v) is 13.2. The molecule has 0 saturated heterocycles. The van der Waals surface area contributed by atoms with Crippen molar-refractivity contribution in [2.45, 2.75) is 17.1 Å². The van der Waals surface area contributed by atoms with Crippen molar-refractivity contribution in [3.63, 3.8) is 0 Å². The Bertz CT molecular complexity index is 726. The quantitative estimate of drug-likeness (QED) is 0.644. The normalized spacial score (nSPS) is 12.1. The highest BCUT2D eigenvalue weighted by molar-refractivity contribution is 7.99. The van der Waals surface area contributed by atoms with Crippen molar-refractivity contribution in [3.05, 3.63) is 60.5 Å². The molecule has 0 N–H and O–H groups in total. The fourth-order valence-electron chi connectivity index (χ4n) is 2.01. The van der Waals surface area contributed by atoms with E-state index in [4.69, 9.17) is 9.26 Å². The second kappa shape index (κ2) is 6.66. The van der Waals surface area contributed by atoms with Crippen LogP contribution in [0.3, 0.4) is 0 Å². The van der Waals surface area contributed by atoms with Gasteiger partial charge in [-0.25, -0.2) is 0 Å². The second-order valence-corrected chi connectivity index (χ2v) is 6.17. The number of thioether (sulfide) groups is 1. The van der Waals surface area contributed by atoms with Gasteiger partial charge in [0.25, 0.3) is 0 Å². The molecule has 0 fully saturated rings. The van der Waals surface area contributed by atoms with Crippen molar-refractivity contribution in [1.82, 2.24) is 10.1 Å². The van der Waals surface area contributed by atoms with Crippen LogP contribution in [-0.4, -0.2) is 17.3 Å². The van der Waals surface area contributed by atoms with Gasteiger partial charge in [0, 0.05) is 10.5 Å². The number of nitrogens with zero attached hydrogens (tertiary/aromatic N) is 2. The van der Waals surface area contributed by atoms with Crippen LogP contribution in [0.4, 0.5) is 0 Å². The Morgan fingerprint density at radius 1 is 1.05 bits per heavy atom. The Kier molecular flexibility index (Phi) is 4.44. The van der Waals surface area contributed by atoms with Gasteiger partial charge in [-0.3, -0.25) is 0 Å². The predicted octanol–water partition coefficient (Wildman–Crippen LogP) is 4.60. The van der Waals surface area contributed by atoms with E-state index in [0.717, 1.165) is 16.2 Å². The van der Waals surface area contributed by atoms with E-state index in [-0.39, 0.29) is 5.25 Å². The van der Waals surface area contributed by atoms with E-state index in [1.807, 2.05) is 54.6 Å². The van der Waals surface area contributed by atoms with Crippen LogP contribution in [-0.2, 0) is 0 Å². The Morgan fingerprint density at radius 3 is 2.45 bits per heavy atom. The summed E-state index contributed by atoms with van der Waals surface area (Å²) in [7, 11) is 1.66. The Labute approximate surface area is 133 Å². The van der Waals surface area contributed by atoms with Crippen molar-refractivity contribution in [1.29, 1.82) is 0 Å². The van der Waals surface area contributed by atoms with Crippen molar-refractivity contribution in [2.24, 2.45) is 0 Å². The van der Waals surface area contributed by atoms with E-state index in [2.05, 4.69) is 17.1 Å². The molecule has 3 aromatic rings. The van der Waals surface area contributed by atoms with Crippen LogP contribution in [0.5, 0.6) is 5.75 Å². The number of ether oxygens (including phenoxy) is 1. The molecule has 22 heavy (non-hydrogen) atoms. The summed E-state index contributed by atoms with van der Waals surface area (Å²) in [5, 5.41) is 4.14. The minimum absolute atomic E-state index is 0.0818. The van der Waals surface area contributed by atoms with Crippen LogP contribution < -0.4 is 4.74 Å². The summed E-state index contributed by atoms with van der Waals surface area (Å²) in [4.78, 5) is 5.62. The largest absolute Gasteiger partial charge is 0.497 e. The number of methoxy groups -OCH3 is 1. The van der Waals surface area contributed by atoms with Gasteiger partial charge >= 0.3 is 0 Å². The number of hydrogen-bond acceptors (Lipinski definition) is 5. The molecule has 0 aliphatic carbocycles. The molecule has 1 aromatic heterocycles. The molecule has 0 bridgehead atoms. The first-order valence-corrected chi connectivity index (χ1v) is 7.84. The predicted molar refractivity (Wildman–Crippen MR) is 87.0 cm³/mol. The summed E-state index contributed by atoms with van der Waals surface area (Å²) in [5.74, 6) is 2.10. The third-order valence-electron chi connectivity index (χ3n) is 3.19. The minimum atomic E-state index is 0.0818. The smallest absolute Gasteiger partial charge is 0.240 e. The zero-order valence-electron chi connectivity index (χ0n) is 12.4. The minimum Gasteiger partial charge on any atom is -0.497 e. The van der Waals surface area contributed by atoms with Gasteiger partial charge in [0.15, 0.2) is 0 Å². The highest BCUT2D eigenvalue weighted by Gasteiger charge is 2.16. The van der Waals surface area contributed by atoms with Gasteiger partial charge in [0.05, 0.1) is 12.4 Å². The van der Waals surface area contributed by atoms with E-state index < -0.39 is 0 Å². The lowest BCUT2D eigenvalue weighted by Gasteiger charge is -2.07. The topological polar surface area (TPSA) is 48.2 Å². The van der Waals surface area contributed by atoms with Crippen molar-refractivity contribution < 1.29 is 9.26 Å². The molecule has 0 spiro atoms. The van der Waals surface area contributed by atoms with Crippen molar-refractivity contribution >= 4 is 11.8 Å². The van der Waals surface area contributed by atoms with E-state index in [1.54, 1.807) is 18.9 Å². The van der Waals surface area contributed by atoms with E-state index in [1.165, 1.54) is 0 Å². The van der Waals surface area contributed by atoms with Gasteiger partial charge in [-0.2, -0.15) is 4.98 Å². The SMILES string of the molecule is COc1ccc(SC(C)c2nc(-c3ccccc3)no2)cc1. The summed E-state index contributed by atoms with van der Waals surface area (Å²) < 4.78 is 10.6. The van der Waals surface area contributed by atoms with Crippen LogP contribution in [0.15, 0.2) is 64.0 Å². The highest BCUT2D eigenvalue weighted by atomic mass is 32.2. The average Bonchev–Trinajstić information content (AvgIpc) is 3.06. The Morgan fingerprint density at radius 2 is 1.77 bits per heavy atom. The molecular weight excluding hydrogens is 296 g/mol. The van der Waals surface area contributed by atoms with Gasteiger partial charge in [0.1, 0.15) is 5.75 Å². The molecule has 3 rings (SSSR count). The highest BCUT2D eigenvalue weighted by Crippen LogP contribution is 2.35. The van der Waals surface area contributed by atoms with Gasteiger partial charge in [0.2, 0.25) is 11.7 Å². The van der Waals surface area contributed by atoms with Crippen LogP contribution in [0, 0.1) is 0 Å². The Balaban J connectivity index is 1.72. The molecule has 0 saturated carbocycles. The lowest BCUT2D eigenvalue weighted by atomic mass is 10.2. The van der Waals surface area contributed by atoms with Crippen LogP contribution >= 0.6 is 11.8 Å². The first kappa shape index (κ1) is 14.7. The first-order valence-electron chi connectivity index (χ1n) is 6.96. The number of hydrogen-bond donors (Lipinski definition) is 0. The molecule has 112 valence electrons. The van der Waals surface area contributed by atoms with Crippen LogP contribution in [0.2, 0.25) is 0 Å². The van der Waals surface area contributed by atoms with Crippen molar-refractivity contribution in [3.8, 4) is 17.1 Å². The average molecular weight is 312 g/mol. The maximum Gasteiger partial charge on any atom is 0.240 e. The lowest BCUT2D eigenvalue weighted by Crippen LogP contribution is -1.89. The summed E-state index contributed by atoms with van der Waals surface area (Å²) in [6, 6.07) is 17.7. The van der Waals surface area contributed by atoms with E-state index in [9.17, 15) is 0 Å². The fraction of sp³-hybridized carbons (Fsp3) is 0.176. The van der Waals surface area contributed by atoms with Gasteiger partial charge in [-0.05, 0) is 31.2 Å². The molecule has 0 amide bonds. The number of benzene rings is 2. The molecule has 1 unspecified atom stereocenters. The fourth-order valence-corrected chi connectivity index (χ4v) is 2.91. The molecule has 4 nitrogen and oxygen atoms in total. The lowest BCUT2D eigenvalue weighted by molar-refractivity contribution is 0.381. The Hall–Kier alpha value is -2.27. The van der Waals surface area contributed by atoms with E-state index >= 15 is 0 Å². The van der Waals surface area contributed by atoms with Gasteiger partial charge in [-0.15, -0.1) is 11.8 Å². The molecule has 2 aromatic carbocycles. The van der Waals surface area contributed by atoms with Gasteiger partial charge in [-0.1, -0.05) is 35.5 Å². The molecule has 5 heteroatoms. The monoisotopic (exact) mass is 312 g/mol. The van der Waals surface area contributed by atoms with Crippen LogP contribution in [0.1, 0.15) is 18.1 Å². The van der Waals surface area contributed by atoms with Crippen LogP contribution in [0.25, 0.3) is 11.4 Å². The molecule has 0 aliphatic rings. The number of rotatable bonds is 5. The summed E-state index contributed by atoms with van der Waals surface area (Å²) in [6.45, 7) is 2.05. The maximum absolute atomic E-state index is 5.39. The molecule has 1 heterocycles. The summed E-state index contributed by atoms with van der Waals surface area (Å²) >= 11 is 1.67. The maximum atomic E-state index is 5.39. The molecular formula is C17H16N2O2S. The molecule has 0 radical (unpaired) electrons. The number of aromatic nitrogens is 2. The van der Waals surface area contributed by atoms with Gasteiger partial charge < -0.3 is 9.26 Å². The van der Waals surface area contributed by atoms with E-state index in [0.29, 0.717) is 11.7 Å². The van der Waals surface area contributed by atoms with Crippen molar-refractivity contribution in [2.75, 3.05) is 7.11 Å². The molecule has 0 aliphatic heterocycles. The first-order chi connectivity index (χ1) is 10.8.